The highest BCUT2D eigenvalue weighted by molar-refractivity contribution is 4.90. The molecule has 2 saturated carbocycles. The molecule has 3 unspecified atom stereocenters. The Bertz CT molecular complexity index is 189. The lowest BCUT2D eigenvalue weighted by atomic mass is 9.78. The third-order valence-corrected chi connectivity index (χ3v) is 4.02. The number of rotatable bonds is 2. The summed E-state index contributed by atoms with van der Waals surface area (Å²) in [5, 5.41) is 12.9. The molecular formula is C12H23NO. The predicted octanol–water partition coefficient (Wildman–Crippen LogP) is 1.92. The normalized spacial score (nSPS) is 48.6. The van der Waals surface area contributed by atoms with Gasteiger partial charge in [0, 0.05) is 12.1 Å². The third-order valence-electron chi connectivity index (χ3n) is 4.02. The predicted molar refractivity (Wildman–Crippen MR) is 58.1 cm³/mol. The average molecular weight is 197 g/mol. The molecule has 0 bridgehead atoms. The monoisotopic (exact) mass is 197 g/mol. The molecule has 2 aliphatic carbocycles. The number of hydrogen-bond donors (Lipinski definition) is 2. The van der Waals surface area contributed by atoms with E-state index in [2.05, 4.69) is 19.2 Å². The van der Waals surface area contributed by atoms with Crippen molar-refractivity contribution < 1.29 is 5.11 Å². The van der Waals surface area contributed by atoms with Gasteiger partial charge >= 0.3 is 0 Å². The molecule has 3 atom stereocenters. The summed E-state index contributed by atoms with van der Waals surface area (Å²) < 4.78 is 0. The van der Waals surface area contributed by atoms with Crippen molar-refractivity contribution in [2.75, 3.05) is 0 Å². The van der Waals surface area contributed by atoms with E-state index in [-0.39, 0.29) is 6.10 Å². The van der Waals surface area contributed by atoms with Gasteiger partial charge in [-0.1, -0.05) is 20.3 Å². The van der Waals surface area contributed by atoms with E-state index >= 15 is 0 Å². The molecule has 2 fully saturated rings. The fourth-order valence-corrected chi connectivity index (χ4v) is 2.79. The topological polar surface area (TPSA) is 32.3 Å². The maximum atomic E-state index is 9.23. The van der Waals surface area contributed by atoms with Gasteiger partial charge in [-0.05, 0) is 37.5 Å². The van der Waals surface area contributed by atoms with Crippen molar-refractivity contribution in [3.8, 4) is 0 Å². The van der Waals surface area contributed by atoms with Gasteiger partial charge in [-0.3, -0.25) is 0 Å². The van der Waals surface area contributed by atoms with Crippen LogP contribution in [0.3, 0.4) is 0 Å². The van der Waals surface area contributed by atoms with E-state index in [0.717, 1.165) is 24.7 Å². The smallest absolute Gasteiger partial charge is 0.0570 e. The van der Waals surface area contributed by atoms with Crippen LogP contribution in [0.4, 0.5) is 0 Å². The summed E-state index contributed by atoms with van der Waals surface area (Å²) in [7, 11) is 0. The largest absolute Gasteiger partial charge is 0.393 e. The summed E-state index contributed by atoms with van der Waals surface area (Å²) >= 11 is 0. The molecule has 2 aliphatic rings. The summed E-state index contributed by atoms with van der Waals surface area (Å²) in [4.78, 5) is 0. The Morgan fingerprint density at radius 3 is 2.43 bits per heavy atom. The Morgan fingerprint density at radius 2 is 1.79 bits per heavy atom. The summed E-state index contributed by atoms with van der Waals surface area (Å²) in [6.45, 7) is 4.72. The van der Waals surface area contributed by atoms with Crippen LogP contribution in [0.15, 0.2) is 0 Å². The molecular weight excluding hydrogens is 174 g/mol. The van der Waals surface area contributed by atoms with Crippen LogP contribution in [-0.2, 0) is 0 Å². The molecule has 0 radical (unpaired) electrons. The van der Waals surface area contributed by atoms with Crippen molar-refractivity contribution in [3.63, 3.8) is 0 Å². The van der Waals surface area contributed by atoms with Gasteiger partial charge in [-0.25, -0.2) is 0 Å². The molecule has 2 rings (SSSR count). The van der Waals surface area contributed by atoms with Crippen molar-refractivity contribution in [2.24, 2.45) is 11.8 Å². The van der Waals surface area contributed by atoms with Crippen LogP contribution in [0.1, 0.15) is 46.0 Å². The summed E-state index contributed by atoms with van der Waals surface area (Å²) in [5.41, 5.74) is 0. The highest BCUT2D eigenvalue weighted by atomic mass is 16.3. The first-order chi connectivity index (χ1) is 6.65. The van der Waals surface area contributed by atoms with Gasteiger partial charge in [0.1, 0.15) is 0 Å². The van der Waals surface area contributed by atoms with Gasteiger partial charge in [0.25, 0.3) is 0 Å². The van der Waals surface area contributed by atoms with Crippen LogP contribution in [-0.4, -0.2) is 23.3 Å². The van der Waals surface area contributed by atoms with Crippen LogP contribution in [0.2, 0.25) is 0 Å². The molecule has 2 heteroatoms. The van der Waals surface area contributed by atoms with E-state index < -0.39 is 0 Å². The molecule has 0 spiro atoms. The minimum Gasteiger partial charge on any atom is -0.393 e. The van der Waals surface area contributed by atoms with Crippen molar-refractivity contribution in [3.05, 3.63) is 0 Å². The maximum Gasteiger partial charge on any atom is 0.0570 e. The van der Waals surface area contributed by atoms with E-state index in [9.17, 15) is 5.11 Å². The molecule has 0 aliphatic heterocycles. The van der Waals surface area contributed by atoms with Crippen molar-refractivity contribution in [1.29, 1.82) is 0 Å². The molecule has 0 amide bonds. The van der Waals surface area contributed by atoms with Gasteiger partial charge in [0.2, 0.25) is 0 Å². The van der Waals surface area contributed by atoms with E-state index in [0.29, 0.717) is 12.1 Å². The standard InChI is InChI=1S/C12H23NO/c1-8-3-4-9(2)12(5-8)13-10-6-11(14)7-10/h8-14H,3-7H2,1-2H3. The Kier molecular flexibility index (Phi) is 3.13. The minimum atomic E-state index is -0.0242. The fourth-order valence-electron chi connectivity index (χ4n) is 2.79. The lowest BCUT2D eigenvalue weighted by Crippen LogP contribution is -2.51. The highest BCUT2D eigenvalue weighted by Crippen LogP contribution is 2.30. The zero-order valence-electron chi connectivity index (χ0n) is 9.37. The SMILES string of the molecule is CC1CCC(C)C(NC2CC(O)C2)C1. The maximum absolute atomic E-state index is 9.23. The number of hydrogen-bond acceptors (Lipinski definition) is 2. The van der Waals surface area contributed by atoms with E-state index in [1.165, 1.54) is 19.3 Å². The zero-order valence-corrected chi connectivity index (χ0v) is 9.37. The Hall–Kier alpha value is -0.0800. The molecule has 0 aromatic rings. The molecule has 0 saturated heterocycles. The summed E-state index contributed by atoms with van der Waals surface area (Å²) in [6, 6.07) is 1.30. The molecule has 0 aromatic heterocycles. The molecule has 2 nitrogen and oxygen atoms in total. The van der Waals surface area contributed by atoms with Crippen LogP contribution in [0.5, 0.6) is 0 Å². The fraction of sp³-hybridized carbons (Fsp3) is 1.00. The van der Waals surface area contributed by atoms with Crippen LogP contribution in [0.25, 0.3) is 0 Å². The van der Waals surface area contributed by atoms with E-state index in [1.54, 1.807) is 0 Å². The van der Waals surface area contributed by atoms with Crippen LogP contribution < -0.4 is 5.32 Å². The van der Waals surface area contributed by atoms with E-state index in [4.69, 9.17) is 0 Å². The molecule has 14 heavy (non-hydrogen) atoms. The van der Waals surface area contributed by atoms with Gasteiger partial charge in [-0.2, -0.15) is 0 Å². The molecule has 0 heterocycles. The molecule has 82 valence electrons. The molecule has 2 N–H and O–H groups in total. The number of aliphatic hydroxyl groups excluding tert-OH is 1. The van der Waals surface area contributed by atoms with Crippen molar-refractivity contribution >= 4 is 0 Å². The first-order valence-electron chi connectivity index (χ1n) is 6.09. The van der Waals surface area contributed by atoms with Gasteiger partial charge in [-0.15, -0.1) is 0 Å². The van der Waals surface area contributed by atoms with Crippen molar-refractivity contribution in [1.82, 2.24) is 5.32 Å². The Balaban J connectivity index is 1.77. The number of aliphatic hydroxyl groups is 1. The first-order valence-corrected chi connectivity index (χ1v) is 6.09. The molecule has 0 aromatic carbocycles. The average Bonchev–Trinajstić information content (AvgIpc) is 2.09. The summed E-state index contributed by atoms with van der Waals surface area (Å²) in [5.74, 6) is 1.71. The van der Waals surface area contributed by atoms with Gasteiger partial charge in [0.05, 0.1) is 6.10 Å². The highest BCUT2D eigenvalue weighted by Gasteiger charge is 2.32. The van der Waals surface area contributed by atoms with E-state index in [1.807, 2.05) is 0 Å². The second-order valence-corrected chi connectivity index (χ2v) is 5.49. The second kappa shape index (κ2) is 4.19. The lowest BCUT2D eigenvalue weighted by Gasteiger charge is -2.40. The number of nitrogens with one attached hydrogen (secondary N) is 1. The Morgan fingerprint density at radius 1 is 1.07 bits per heavy atom. The first kappa shape index (κ1) is 10.4. The summed E-state index contributed by atoms with van der Waals surface area (Å²) in [6.07, 6.45) is 6.01. The quantitative estimate of drug-likeness (QED) is 0.709. The van der Waals surface area contributed by atoms with Gasteiger partial charge in [0.15, 0.2) is 0 Å². The minimum absolute atomic E-state index is 0.0242. The van der Waals surface area contributed by atoms with Gasteiger partial charge < -0.3 is 10.4 Å². The van der Waals surface area contributed by atoms with Crippen molar-refractivity contribution in [2.45, 2.75) is 64.1 Å². The third kappa shape index (κ3) is 2.29. The zero-order chi connectivity index (χ0) is 10.1. The second-order valence-electron chi connectivity index (χ2n) is 5.49. The van der Waals surface area contributed by atoms with Crippen LogP contribution >= 0.6 is 0 Å². The van der Waals surface area contributed by atoms with Crippen LogP contribution in [0, 0.1) is 11.8 Å². The Labute approximate surface area is 87.1 Å². The lowest BCUT2D eigenvalue weighted by molar-refractivity contribution is 0.0486.